The summed E-state index contributed by atoms with van der Waals surface area (Å²) in [6, 6.07) is 2.28. The van der Waals surface area contributed by atoms with Gasteiger partial charge in [0.25, 0.3) is 0 Å². The molecule has 1 heterocycles. The molecule has 0 spiro atoms. The van der Waals surface area contributed by atoms with Gasteiger partial charge in [0.05, 0.1) is 41.2 Å². The summed E-state index contributed by atoms with van der Waals surface area (Å²) in [7, 11) is 2.42. The zero-order valence-corrected chi connectivity index (χ0v) is 14.6. The molecule has 0 fully saturated rings. The number of carbonyl (C=O) groups excluding carboxylic acids is 1. The predicted molar refractivity (Wildman–Crippen MR) is 88.7 cm³/mol. The quantitative estimate of drug-likeness (QED) is 0.766. The first-order chi connectivity index (χ1) is 11.3. The van der Waals surface area contributed by atoms with Gasteiger partial charge in [0, 0.05) is 0 Å². The average Bonchev–Trinajstić information content (AvgIpc) is 2.51. The number of anilines is 1. The van der Waals surface area contributed by atoms with E-state index in [1.54, 1.807) is 0 Å². The molecular formula is C14H10Cl3FN2O4. The van der Waals surface area contributed by atoms with Crippen LogP contribution in [0.25, 0.3) is 11.3 Å². The van der Waals surface area contributed by atoms with Crippen LogP contribution in [-0.4, -0.2) is 25.4 Å². The standard InChI is InChI=1S/C14H10Cl3FN2O4/c1-22-12-5(15)3-6(18)9(11(12)17)8-4-7(19)10(16)13(20-8)24-14(21)23-2/h3-4H,1-2H3,(H2,19,20). The second-order valence-corrected chi connectivity index (χ2v) is 5.50. The van der Waals surface area contributed by atoms with E-state index in [0.29, 0.717) is 0 Å². The molecule has 0 bridgehead atoms. The van der Waals surface area contributed by atoms with Gasteiger partial charge in [-0.25, -0.2) is 14.2 Å². The van der Waals surface area contributed by atoms with Crippen molar-refractivity contribution in [2.24, 2.45) is 0 Å². The number of benzene rings is 1. The number of hydrogen-bond donors (Lipinski definition) is 1. The van der Waals surface area contributed by atoms with Crippen LogP contribution < -0.4 is 15.2 Å². The van der Waals surface area contributed by atoms with Crippen molar-refractivity contribution in [3.63, 3.8) is 0 Å². The van der Waals surface area contributed by atoms with Crippen LogP contribution in [0.4, 0.5) is 14.9 Å². The van der Waals surface area contributed by atoms with Crippen LogP contribution in [0.2, 0.25) is 15.1 Å². The first-order valence-electron chi connectivity index (χ1n) is 6.23. The lowest BCUT2D eigenvalue weighted by Gasteiger charge is -2.13. The molecule has 6 nitrogen and oxygen atoms in total. The van der Waals surface area contributed by atoms with E-state index >= 15 is 0 Å². The van der Waals surface area contributed by atoms with Gasteiger partial charge in [-0.1, -0.05) is 34.8 Å². The van der Waals surface area contributed by atoms with Crippen molar-refractivity contribution in [2.45, 2.75) is 0 Å². The maximum Gasteiger partial charge on any atom is 0.514 e. The van der Waals surface area contributed by atoms with Crippen LogP contribution >= 0.6 is 34.8 Å². The Bertz CT molecular complexity index is 817. The molecule has 2 aromatic rings. The Labute approximate surface area is 151 Å². The third kappa shape index (κ3) is 3.43. The zero-order chi connectivity index (χ0) is 18.0. The number of carbonyl (C=O) groups is 1. The molecule has 10 heteroatoms. The molecule has 0 aliphatic heterocycles. The smallest absolute Gasteiger partial charge is 0.494 e. The van der Waals surface area contributed by atoms with Crippen molar-refractivity contribution in [1.29, 1.82) is 0 Å². The molecule has 1 aromatic heterocycles. The minimum Gasteiger partial charge on any atom is -0.494 e. The molecule has 0 aliphatic carbocycles. The highest BCUT2D eigenvalue weighted by Gasteiger charge is 2.22. The van der Waals surface area contributed by atoms with Crippen molar-refractivity contribution in [3.8, 4) is 22.9 Å². The highest BCUT2D eigenvalue weighted by Crippen LogP contribution is 2.43. The Balaban J connectivity index is 2.68. The molecule has 0 saturated carbocycles. The molecule has 128 valence electrons. The van der Waals surface area contributed by atoms with Crippen molar-refractivity contribution in [3.05, 3.63) is 33.0 Å². The number of nitrogens with two attached hydrogens (primary N) is 1. The number of aromatic nitrogens is 1. The van der Waals surface area contributed by atoms with Gasteiger partial charge in [0.15, 0.2) is 5.75 Å². The first-order valence-corrected chi connectivity index (χ1v) is 7.37. The summed E-state index contributed by atoms with van der Waals surface area (Å²) in [5, 5.41) is -0.279. The largest absolute Gasteiger partial charge is 0.514 e. The molecule has 0 atom stereocenters. The van der Waals surface area contributed by atoms with Crippen LogP contribution in [0.3, 0.4) is 0 Å². The molecule has 1 aromatic carbocycles. The van der Waals surface area contributed by atoms with E-state index < -0.39 is 12.0 Å². The fraction of sp³-hybridized carbons (Fsp3) is 0.143. The zero-order valence-electron chi connectivity index (χ0n) is 12.3. The van der Waals surface area contributed by atoms with Gasteiger partial charge in [-0.2, -0.15) is 0 Å². The molecular weight excluding hydrogens is 386 g/mol. The summed E-state index contributed by atoms with van der Waals surface area (Å²) in [4.78, 5) is 15.2. The second kappa shape index (κ2) is 7.29. The van der Waals surface area contributed by atoms with Gasteiger partial charge >= 0.3 is 6.16 Å². The molecule has 0 aliphatic rings. The third-order valence-electron chi connectivity index (χ3n) is 2.89. The maximum absolute atomic E-state index is 14.3. The summed E-state index contributed by atoms with van der Waals surface area (Å²) >= 11 is 17.9. The number of nitrogen functional groups attached to an aromatic ring is 1. The highest BCUT2D eigenvalue weighted by atomic mass is 35.5. The maximum atomic E-state index is 14.3. The van der Waals surface area contributed by atoms with Gasteiger partial charge in [-0.05, 0) is 12.1 Å². The Morgan fingerprint density at radius 2 is 1.88 bits per heavy atom. The predicted octanol–water partition coefficient (Wildman–Crippen LogP) is 4.58. The first kappa shape index (κ1) is 18.4. The Kier molecular flexibility index (Phi) is 5.58. The van der Waals surface area contributed by atoms with Gasteiger partial charge in [0.1, 0.15) is 10.8 Å². The second-order valence-electron chi connectivity index (χ2n) is 4.33. The van der Waals surface area contributed by atoms with Gasteiger partial charge in [0.2, 0.25) is 5.88 Å². The number of ether oxygens (including phenoxy) is 3. The number of pyridine rings is 1. The fourth-order valence-corrected chi connectivity index (χ4v) is 2.65. The van der Waals surface area contributed by atoms with Gasteiger partial charge < -0.3 is 19.9 Å². The van der Waals surface area contributed by atoms with Gasteiger partial charge in [-0.3, -0.25) is 0 Å². The topological polar surface area (TPSA) is 83.7 Å². The van der Waals surface area contributed by atoms with E-state index in [1.807, 2.05) is 0 Å². The Morgan fingerprint density at radius 1 is 1.21 bits per heavy atom. The summed E-state index contributed by atoms with van der Waals surface area (Å²) in [5.41, 5.74) is 5.56. The lowest BCUT2D eigenvalue weighted by atomic mass is 10.1. The lowest BCUT2D eigenvalue weighted by Crippen LogP contribution is -2.10. The normalized spacial score (nSPS) is 10.4. The number of halogens is 4. The summed E-state index contributed by atoms with van der Waals surface area (Å²) < 4.78 is 28.5. The van der Waals surface area contributed by atoms with Crippen LogP contribution in [-0.2, 0) is 4.74 Å². The minimum atomic E-state index is -1.07. The molecule has 0 unspecified atom stereocenters. The van der Waals surface area contributed by atoms with Crippen LogP contribution in [0.5, 0.6) is 11.6 Å². The summed E-state index contributed by atoms with van der Waals surface area (Å²) in [5.74, 6) is -1.08. The highest BCUT2D eigenvalue weighted by molar-refractivity contribution is 6.39. The van der Waals surface area contributed by atoms with E-state index in [9.17, 15) is 9.18 Å². The molecule has 24 heavy (non-hydrogen) atoms. The van der Waals surface area contributed by atoms with Gasteiger partial charge in [-0.15, -0.1) is 0 Å². The van der Waals surface area contributed by atoms with E-state index in [4.69, 9.17) is 50.0 Å². The monoisotopic (exact) mass is 394 g/mol. The Hall–Kier alpha value is -1.96. The minimum absolute atomic E-state index is 0.00930. The SMILES string of the molecule is COC(=O)Oc1nc(-c2c(F)cc(Cl)c(OC)c2Cl)cc(N)c1Cl. The van der Waals surface area contributed by atoms with Crippen molar-refractivity contribution in [2.75, 3.05) is 20.0 Å². The number of nitrogens with zero attached hydrogens (tertiary/aromatic N) is 1. The number of rotatable bonds is 3. The van der Waals surface area contributed by atoms with Crippen molar-refractivity contribution < 1.29 is 23.4 Å². The lowest BCUT2D eigenvalue weighted by molar-refractivity contribution is 0.120. The number of methoxy groups -OCH3 is 2. The Morgan fingerprint density at radius 3 is 2.46 bits per heavy atom. The molecule has 2 N–H and O–H groups in total. The van der Waals surface area contributed by atoms with Crippen molar-refractivity contribution in [1.82, 2.24) is 4.98 Å². The molecule has 0 radical (unpaired) electrons. The molecule has 2 rings (SSSR count). The summed E-state index contributed by atoms with van der Waals surface area (Å²) in [6.07, 6.45) is -1.07. The average molecular weight is 396 g/mol. The molecule has 0 amide bonds. The third-order valence-corrected chi connectivity index (χ3v) is 3.91. The fourth-order valence-electron chi connectivity index (χ4n) is 1.84. The van der Waals surface area contributed by atoms with E-state index in [0.717, 1.165) is 13.2 Å². The van der Waals surface area contributed by atoms with E-state index in [1.165, 1.54) is 13.2 Å². The van der Waals surface area contributed by atoms with Crippen molar-refractivity contribution >= 4 is 46.6 Å². The molecule has 0 saturated heterocycles. The number of hydrogen-bond acceptors (Lipinski definition) is 6. The van der Waals surface area contributed by atoms with Crippen LogP contribution in [0.1, 0.15) is 0 Å². The van der Waals surface area contributed by atoms with E-state index in [-0.39, 0.29) is 43.6 Å². The van der Waals surface area contributed by atoms with Crippen LogP contribution in [0.15, 0.2) is 12.1 Å². The van der Waals surface area contributed by atoms with Crippen LogP contribution in [0, 0.1) is 5.82 Å². The van der Waals surface area contributed by atoms with E-state index in [2.05, 4.69) is 9.72 Å². The summed E-state index contributed by atoms with van der Waals surface area (Å²) in [6.45, 7) is 0.